The minimum absolute atomic E-state index is 0.368. The van der Waals surface area contributed by atoms with E-state index >= 15 is 0 Å². The Hall–Kier alpha value is -8.01. The Labute approximate surface area is 355 Å². The van der Waals surface area contributed by atoms with Crippen molar-refractivity contribution in [1.29, 1.82) is 0 Å². The molecule has 12 rings (SSSR count). The van der Waals surface area contributed by atoms with Gasteiger partial charge in [-0.1, -0.05) is 188 Å². The fourth-order valence-electron chi connectivity index (χ4n) is 9.81. The quantitative estimate of drug-likeness (QED) is 0.169. The van der Waals surface area contributed by atoms with Crippen LogP contribution < -0.4 is 0 Å². The van der Waals surface area contributed by atoms with Gasteiger partial charge in [-0.25, -0.2) is 9.97 Å². The third-order valence-corrected chi connectivity index (χ3v) is 12.6. The molecule has 0 bridgehead atoms. The summed E-state index contributed by atoms with van der Waals surface area (Å²) >= 11 is 0. The van der Waals surface area contributed by atoms with Crippen molar-refractivity contribution < 1.29 is 0 Å². The van der Waals surface area contributed by atoms with Crippen LogP contribution in [0.1, 0.15) is 22.3 Å². The predicted molar refractivity (Wildman–Crippen MR) is 249 cm³/mol. The van der Waals surface area contributed by atoms with Crippen molar-refractivity contribution >= 4 is 0 Å². The number of rotatable bonds is 6. The van der Waals surface area contributed by atoms with Gasteiger partial charge in [0.25, 0.3) is 0 Å². The van der Waals surface area contributed by atoms with E-state index in [0.29, 0.717) is 5.82 Å². The third-order valence-electron chi connectivity index (χ3n) is 12.6. The summed E-state index contributed by atoms with van der Waals surface area (Å²) < 4.78 is 0. The highest BCUT2D eigenvalue weighted by molar-refractivity contribution is 5.96. The highest BCUT2D eigenvalue weighted by Gasteiger charge is 2.51. The summed E-state index contributed by atoms with van der Waals surface area (Å²) in [6.45, 7) is 0. The first kappa shape index (κ1) is 35.0. The van der Waals surface area contributed by atoms with Crippen molar-refractivity contribution in [2.24, 2.45) is 0 Å². The number of pyridine rings is 1. The molecule has 3 nitrogen and oxygen atoms in total. The normalized spacial score (nSPS) is 12.7. The van der Waals surface area contributed by atoms with Gasteiger partial charge in [-0.3, -0.25) is 4.98 Å². The average Bonchev–Trinajstić information content (AvgIpc) is 3.82. The highest BCUT2D eigenvalue weighted by atomic mass is 14.9. The molecule has 0 saturated heterocycles. The van der Waals surface area contributed by atoms with Gasteiger partial charge in [0.15, 0.2) is 5.82 Å². The molecular formula is C58H37N3. The first-order chi connectivity index (χ1) is 30.2. The molecule has 2 heterocycles. The van der Waals surface area contributed by atoms with E-state index in [-0.39, 0.29) is 5.41 Å². The van der Waals surface area contributed by atoms with E-state index in [9.17, 15) is 0 Å². The number of hydrogen-bond donors (Lipinski definition) is 0. The van der Waals surface area contributed by atoms with Crippen molar-refractivity contribution in [3.05, 3.63) is 247 Å². The van der Waals surface area contributed by atoms with Gasteiger partial charge in [0.2, 0.25) is 0 Å². The Bertz CT molecular complexity index is 3220. The molecule has 0 saturated carbocycles. The van der Waals surface area contributed by atoms with Crippen molar-refractivity contribution in [3.63, 3.8) is 0 Å². The molecule has 0 fully saturated rings. The van der Waals surface area contributed by atoms with Crippen LogP contribution in [0.4, 0.5) is 0 Å². The Morgan fingerprint density at radius 3 is 1.30 bits per heavy atom. The highest BCUT2D eigenvalue weighted by Crippen LogP contribution is 2.63. The minimum atomic E-state index is -0.368. The van der Waals surface area contributed by atoms with Crippen molar-refractivity contribution in [2.45, 2.75) is 5.41 Å². The number of hydrogen-bond acceptors (Lipinski definition) is 3. The SMILES string of the molecule is c1ccc(-c2nc(-c3ccc(-c4cccnc4)cc3)cc(-c3ccc(-c4cccc(-c5ccc6c(c5)C5(c7ccccc7-c7ccccc75)c5ccccc5-6)c4)cc3)n2)cc1. The standard InChI is InChI=1S/C58H37N3/c1-2-12-42(13-3-1)57-60-55(36-56(61-57)41-29-25-39(26-30-41)46-16-11-33-59-37-46)40-27-23-38(24-28-40)43-14-10-15-44(34-43)45-31-32-50-49-19-6-9-22-53(49)58(54(50)35-45)51-20-7-4-17-47(51)48-18-5-8-21-52(48)58/h1-37H. The Kier molecular flexibility index (Phi) is 8.07. The van der Waals surface area contributed by atoms with Crippen LogP contribution in [-0.4, -0.2) is 15.0 Å². The van der Waals surface area contributed by atoms with Crippen LogP contribution in [0, 0.1) is 0 Å². The second-order valence-corrected chi connectivity index (χ2v) is 16.0. The fraction of sp³-hybridized carbons (Fsp3) is 0.0172. The second kappa shape index (κ2) is 14.1. The lowest BCUT2D eigenvalue weighted by atomic mass is 9.70. The molecule has 0 aliphatic heterocycles. The van der Waals surface area contributed by atoms with E-state index in [0.717, 1.165) is 44.8 Å². The van der Waals surface area contributed by atoms with Crippen molar-refractivity contribution in [3.8, 4) is 89.5 Å². The molecule has 2 aromatic heterocycles. The van der Waals surface area contributed by atoms with Gasteiger partial charge in [0, 0.05) is 29.1 Å². The summed E-state index contributed by atoms with van der Waals surface area (Å²) in [5.74, 6) is 0.699. The van der Waals surface area contributed by atoms with Gasteiger partial charge in [-0.2, -0.15) is 0 Å². The molecular weight excluding hydrogens is 739 g/mol. The van der Waals surface area contributed by atoms with Crippen LogP contribution >= 0.6 is 0 Å². The Morgan fingerprint density at radius 1 is 0.279 bits per heavy atom. The van der Waals surface area contributed by atoms with Crippen LogP contribution in [0.5, 0.6) is 0 Å². The topological polar surface area (TPSA) is 38.7 Å². The van der Waals surface area contributed by atoms with Crippen LogP contribution in [0.15, 0.2) is 225 Å². The molecule has 0 amide bonds. The molecule has 0 unspecified atom stereocenters. The van der Waals surface area contributed by atoms with E-state index in [1.165, 1.54) is 61.2 Å². The van der Waals surface area contributed by atoms with Gasteiger partial charge < -0.3 is 0 Å². The van der Waals surface area contributed by atoms with E-state index < -0.39 is 0 Å². The zero-order chi connectivity index (χ0) is 40.3. The third kappa shape index (κ3) is 5.62. The summed E-state index contributed by atoms with van der Waals surface area (Å²) in [6.07, 6.45) is 3.69. The van der Waals surface area contributed by atoms with Crippen molar-refractivity contribution in [2.75, 3.05) is 0 Å². The molecule has 10 aromatic rings. The van der Waals surface area contributed by atoms with Gasteiger partial charge in [-0.05, 0) is 102 Å². The number of fused-ring (bicyclic) bond motifs is 10. The summed E-state index contributed by atoms with van der Waals surface area (Å²) in [5, 5.41) is 0. The van der Waals surface area contributed by atoms with Gasteiger partial charge in [-0.15, -0.1) is 0 Å². The Balaban J connectivity index is 0.907. The molecule has 0 atom stereocenters. The predicted octanol–water partition coefficient (Wildman–Crippen LogP) is 14.2. The van der Waals surface area contributed by atoms with Crippen LogP contribution in [0.3, 0.4) is 0 Å². The van der Waals surface area contributed by atoms with E-state index in [4.69, 9.17) is 9.97 Å². The number of nitrogens with zero attached hydrogens (tertiary/aromatic N) is 3. The molecule has 8 aromatic carbocycles. The summed E-state index contributed by atoms with van der Waals surface area (Å²) in [5.41, 5.74) is 22.0. The first-order valence-electron chi connectivity index (χ1n) is 20.8. The van der Waals surface area contributed by atoms with Gasteiger partial charge in [0.05, 0.1) is 16.8 Å². The maximum Gasteiger partial charge on any atom is 0.160 e. The molecule has 1 spiro atoms. The fourth-order valence-corrected chi connectivity index (χ4v) is 9.81. The average molecular weight is 776 g/mol. The zero-order valence-corrected chi connectivity index (χ0v) is 33.2. The van der Waals surface area contributed by atoms with Gasteiger partial charge in [0.1, 0.15) is 0 Å². The molecule has 3 heteroatoms. The van der Waals surface area contributed by atoms with Gasteiger partial charge >= 0.3 is 0 Å². The molecule has 2 aliphatic rings. The summed E-state index contributed by atoms with van der Waals surface area (Å²) in [4.78, 5) is 14.5. The molecule has 0 radical (unpaired) electrons. The first-order valence-corrected chi connectivity index (χ1v) is 20.8. The van der Waals surface area contributed by atoms with Crippen LogP contribution in [-0.2, 0) is 5.41 Å². The molecule has 61 heavy (non-hydrogen) atoms. The lowest BCUT2D eigenvalue weighted by Gasteiger charge is -2.30. The lowest BCUT2D eigenvalue weighted by molar-refractivity contribution is 0.794. The maximum absolute atomic E-state index is 5.10. The molecule has 2 aliphatic carbocycles. The molecule has 284 valence electrons. The maximum atomic E-state index is 5.10. The summed E-state index contributed by atoms with van der Waals surface area (Å²) in [6, 6.07) is 76.7. The Morgan fingerprint density at radius 2 is 0.721 bits per heavy atom. The lowest BCUT2D eigenvalue weighted by Crippen LogP contribution is -2.25. The van der Waals surface area contributed by atoms with Crippen LogP contribution in [0.25, 0.3) is 89.5 Å². The smallest absolute Gasteiger partial charge is 0.160 e. The summed E-state index contributed by atoms with van der Waals surface area (Å²) in [7, 11) is 0. The monoisotopic (exact) mass is 775 g/mol. The van der Waals surface area contributed by atoms with E-state index in [1.807, 2.05) is 30.5 Å². The van der Waals surface area contributed by atoms with Crippen LogP contribution in [0.2, 0.25) is 0 Å². The zero-order valence-electron chi connectivity index (χ0n) is 33.2. The van der Waals surface area contributed by atoms with Crippen molar-refractivity contribution in [1.82, 2.24) is 15.0 Å². The number of aromatic nitrogens is 3. The molecule has 0 N–H and O–H groups in total. The largest absolute Gasteiger partial charge is 0.264 e. The number of benzene rings is 8. The minimum Gasteiger partial charge on any atom is -0.264 e. The van der Waals surface area contributed by atoms with E-state index in [2.05, 4.69) is 193 Å². The van der Waals surface area contributed by atoms with E-state index in [1.54, 1.807) is 6.20 Å². The second-order valence-electron chi connectivity index (χ2n) is 16.0.